The van der Waals surface area contributed by atoms with E-state index in [2.05, 4.69) is 37.3 Å². The number of benzene rings is 2. The molecule has 31 heavy (non-hydrogen) atoms. The number of amides is 2. The van der Waals surface area contributed by atoms with E-state index in [1.165, 1.54) is 40.9 Å². The van der Waals surface area contributed by atoms with Crippen molar-refractivity contribution in [2.24, 2.45) is 35.5 Å². The molecule has 7 rings (SSSR count). The molecule has 5 aliphatic rings. The van der Waals surface area contributed by atoms with E-state index in [0.29, 0.717) is 11.8 Å². The molecule has 154 valence electrons. The Kier molecular flexibility index (Phi) is 3.46. The molecular formula is C28H25NO2. The second kappa shape index (κ2) is 6.06. The van der Waals surface area contributed by atoms with Crippen LogP contribution in [-0.4, -0.2) is 11.8 Å². The van der Waals surface area contributed by atoms with Gasteiger partial charge in [0.05, 0.1) is 17.5 Å². The fourth-order valence-corrected chi connectivity index (χ4v) is 7.52. The number of rotatable bonds is 2. The molecule has 0 unspecified atom stereocenters. The second-order valence-corrected chi connectivity index (χ2v) is 10.0. The zero-order valence-electron chi connectivity index (χ0n) is 17.6. The highest BCUT2D eigenvalue weighted by molar-refractivity contribution is 6.23. The predicted molar refractivity (Wildman–Crippen MR) is 120 cm³/mol. The van der Waals surface area contributed by atoms with E-state index in [0.717, 1.165) is 5.69 Å². The van der Waals surface area contributed by atoms with Gasteiger partial charge in [-0.2, -0.15) is 0 Å². The first kappa shape index (κ1) is 17.7. The van der Waals surface area contributed by atoms with Gasteiger partial charge in [0.25, 0.3) is 0 Å². The Hall–Kier alpha value is -2.94. The van der Waals surface area contributed by atoms with Crippen molar-refractivity contribution in [1.29, 1.82) is 0 Å². The highest BCUT2D eigenvalue weighted by Crippen LogP contribution is 2.70. The number of fused-ring (bicyclic) bond motifs is 11. The third kappa shape index (κ3) is 2.19. The maximum absolute atomic E-state index is 13.7. The highest BCUT2D eigenvalue weighted by Gasteiger charge is 2.69. The van der Waals surface area contributed by atoms with Gasteiger partial charge in [-0.25, -0.2) is 4.90 Å². The number of nitrogens with zero attached hydrogens (tertiary/aromatic N) is 1. The SMILES string of the molecule is Cc1ccc(C=C2[C@H]3C4=C([C@H]5CC[C@H]4C5)[C@H]2[C@@H]2C(=O)N(c4ccccc4)C(=O)[C@@H]32)cc1. The zero-order chi connectivity index (χ0) is 20.9. The average molecular weight is 408 g/mol. The summed E-state index contributed by atoms with van der Waals surface area (Å²) in [5.74, 6) is 1.12. The Morgan fingerprint density at radius 2 is 1.39 bits per heavy atom. The van der Waals surface area contributed by atoms with Crippen molar-refractivity contribution in [2.45, 2.75) is 26.2 Å². The van der Waals surface area contributed by atoms with E-state index < -0.39 is 0 Å². The van der Waals surface area contributed by atoms with Crippen LogP contribution in [0.15, 0.2) is 71.3 Å². The van der Waals surface area contributed by atoms with Crippen LogP contribution in [-0.2, 0) is 9.59 Å². The van der Waals surface area contributed by atoms with Crippen molar-refractivity contribution >= 4 is 23.6 Å². The van der Waals surface area contributed by atoms with Gasteiger partial charge in [0.2, 0.25) is 11.8 Å². The number of anilines is 1. The quantitative estimate of drug-likeness (QED) is 0.391. The van der Waals surface area contributed by atoms with Gasteiger partial charge in [0.15, 0.2) is 0 Å². The topological polar surface area (TPSA) is 37.4 Å². The molecule has 3 nitrogen and oxygen atoms in total. The third-order valence-corrected chi connectivity index (χ3v) is 8.58. The smallest absolute Gasteiger partial charge is 0.238 e. The summed E-state index contributed by atoms with van der Waals surface area (Å²) < 4.78 is 0. The van der Waals surface area contributed by atoms with Crippen molar-refractivity contribution in [3.8, 4) is 0 Å². The molecule has 2 aromatic carbocycles. The third-order valence-electron chi connectivity index (χ3n) is 8.58. The largest absolute Gasteiger partial charge is 0.274 e. The van der Waals surface area contributed by atoms with Gasteiger partial charge in [0, 0.05) is 11.8 Å². The Morgan fingerprint density at radius 1 is 0.806 bits per heavy atom. The van der Waals surface area contributed by atoms with Crippen molar-refractivity contribution in [3.05, 3.63) is 82.4 Å². The number of aryl methyl sites for hydroxylation is 1. The minimum atomic E-state index is -0.215. The summed E-state index contributed by atoms with van der Waals surface area (Å²) in [6.07, 6.45) is 6.07. The molecule has 3 fully saturated rings. The van der Waals surface area contributed by atoms with E-state index in [1.807, 2.05) is 30.3 Å². The lowest BCUT2D eigenvalue weighted by atomic mass is 9.72. The monoisotopic (exact) mass is 407 g/mol. The second-order valence-electron chi connectivity index (χ2n) is 10.0. The fraction of sp³-hybridized carbons (Fsp3) is 0.357. The van der Waals surface area contributed by atoms with Crippen LogP contribution in [0.4, 0.5) is 5.69 Å². The Labute approximate surface area is 182 Å². The first-order valence-corrected chi connectivity index (χ1v) is 11.6. The predicted octanol–water partition coefficient (Wildman–Crippen LogP) is 5.17. The Bertz CT molecular complexity index is 1140. The summed E-state index contributed by atoms with van der Waals surface area (Å²) in [6, 6.07) is 18.1. The fourth-order valence-electron chi connectivity index (χ4n) is 7.52. The molecule has 2 amide bonds. The van der Waals surface area contributed by atoms with Crippen LogP contribution in [0.2, 0.25) is 0 Å². The average Bonchev–Trinajstić information content (AvgIpc) is 3.57. The normalized spacial score (nSPS) is 34.7. The van der Waals surface area contributed by atoms with Crippen LogP contribution in [0.3, 0.4) is 0 Å². The van der Waals surface area contributed by atoms with Gasteiger partial charge >= 0.3 is 0 Å². The molecule has 3 heteroatoms. The lowest BCUT2D eigenvalue weighted by Gasteiger charge is -2.28. The van der Waals surface area contributed by atoms with Gasteiger partial charge in [0.1, 0.15) is 0 Å². The first-order chi connectivity index (χ1) is 15.1. The summed E-state index contributed by atoms with van der Waals surface area (Å²) >= 11 is 0. The molecule has 1 aliphatic heterocycles. The van der Waals surface area contributed by atoms with Crippen LogP contribution < -0.4 is 4.90 Å². The van der Waals surface area contributed by atoms with E-state index >= 15 is 0 Å². The molecule has 0 spiro atoms. The summed E-state index contributed by atoms with van der Waals surface area (Å²) in [5, 5.41) is 0. The number of carbonyl (C=O) groups is 2. The number of para-hydroxylation sites is 1. The molecular weight excluding hydrogens is 382 g/mol. The summed E-state index contributed by atoms with van der Waals surface area (Å²) in [4.78, 5) is 28.8. The molecule has 0 N–H and O–H groups in total. The molecule has 1 saturated heterocycles. The molecule has 4 aliphatic carbocycles. The number of hydrogen-bond donors (Lipinski definition) is 0. The molecule has 0 radical (unpaired) electrons. The number of allylic oxidation sites excluding steroid dienone is 3. The lowest BCUT2D eigenvalue weighted by molar-refractivity contribution is -0.123. The summed E-state index contributed by atoms with van der Waals surface area (Å²) in [5.41, 5.74) is 7.60. The van der Waals surface area contributed by atoms with E-state index in [9.17, 15) is 9.59 Å². The van der Waals surface area contributed by atoms with Crippen molar-refractivity contribution in [3.63, 3.8) is 0 Å². The standard InChI is InChI=1S/C28H25NO2/c1-15-7-9-16(10-8-15)13-20-23-21-17-11-12-18(14-17)22(21)24(20)26-25(23)27(30)29(28(26)31)19-5-3-2-4-6-19/h2-10,13,17-18,23-26H,11-12,14H2,1H3/t17-,18-,23-,24-,25-,26-/m0/s1. The van der Waals surface area contributed by atoms with Gasteiger partial charge in [-0.1, -0.05) is 70.8 Å². The highest BCUT2D eigenvalue weighted by atomic mass is 16.2. The van der Waals surface area contributed by atoms with Crippen molar-refractivity contribution in [2.75, 3.05) is 4.90 Å². The van der Waals surface area contributed by atoms with Gasteiger partial charge < -0.3 is 0 Å². The molecule has 4 bridgehead atoms. The Morgan fingerprint density at radius 3 is 1.97 bits per heavy atom. The zero-order valence-corrected chi connectivity index (χ0v) is 17.6. The van der Waals surface area contributed by atoms with E-state index in [-0.39, 0.29) is 35.5 Å². The van der Waals surface area contributed by atoms with Crippen LogP contribution in [0, 0.1) is 42.4 Å². The number of carbonyl (C=O) groups excluding carboxylic acids is 2. The molecule has 0 aromatic heterocycles. The maximum Gasteiger partial charge on any atom is 0.238 e. The Balaban J connectivity index is 1.36. The minimum Gasteiger partial charge on any atom is -0.274 e. The lowest BCUT2D eigenvalue weighted by Crippen LogP contribution is -2.33. The molecule has 2 aromatic rings. The van der Waals surface area contributed by atoms with Crippen LogP contribution in [0.1, 0.15) is 30.4 Å². The molecule has 2 saturated carbocycles. The van der Waals surface area contributed by atoms with Gasteiger partial charge in [-0.3, -0.25) is 9.59 Å². The van der Waals surface area contributed by atoms with Crippen LogP contribution in [0.5, 0.6) is 0 Å². The van der Waals surface area contributed by atoms with E-state index in [1.54, 1.807) is 11.1 Å². The number of imide groups is 1. The van der Waals surface area contributed by atoms with Crippen molar-refractivity contribution in [1.82, 2.24) is 0 Å². The van der Waals surface area contributed by atoms with E-state index in [4.69, 9.17) is 0 Å². The molecule has 1 heterocycles. The van der Waals surface area contributed by atoms with Crippen LogP contribution >= 0.6 is 0 Å². The van der Waals surface area contributed by atoms with Gasteiger partial charge in [-0.15, -0.1) is 0 Å². The van der Waals surface area contributed by atoms with Crippen LogP contribution in [0.25, 0.3) is 6.08 Å². The maximum atomic E-state index is 13.7. The summed E-state index contributed by atoms with van der Waals surface area (Å²) in [6.45, 7) is 2.10. The van der Waals surface area contributed by atoms with Gasteiger partial charge in [-0.05, 0) is 55.7 Å². The first-order valence-electron chi connectivity index (χ1n) is 11.6. The van der Waals surface area contributed by atoms with Crippen molar-refractivity contribution < 1.29 is 9.59 Å². The minimum absolute atomic E-state index is 0.0119. The number of hydrogen-bond acceptors (Lipinski definition) is 2. The molecule has 6 atom stereocenters. The summed E-state index contributed by atoms with van der Waals surface area (Å²) in [7, 11) is 0.